The summed E-state index contributed by atoms with van der Waals surface area (Å²) < 4.78 is 8.07. The Hall–Kier alpha value is -1.23. The van der Waals surface area contributed by atoms with Gasteiger partial charge in [-0.2, -0.15) is 0 Å². The van der Waals surface area contributed by atoms with Crippen LogP contribution in [0.1, 0.15) is 0 Å². The number of hydrogen-bond donors (Lipinski definition) is 0. The molecule has 1 heterocycles. The van der Waals surface area contributed by atoms with E-state index < -0.39 is 5.97 Å². The van der Waals surface area contributed by atoms with Gasteiger partial charge in [-0.25, -0.2) is 4.79 Å². The monoisotopic (exact) mass is 156 g/mol. The zero-order chi connectivity index (χ0) is 7.40. The third-order valence-electron chi connectivity index (χ3n) is 0.712. The number of hydrogen-bond acceptors (Lipinski definition) is 5. The molecule has 0 aliphatic heterocycles. The van der Waals surface area contributed by atoms with Crippen molar-refractivity contribution in [3.8, 4) is 5.88 Å². The molecule has 0 unspecified atom stereocenters. The van der Waals surface area contributed by atoms with E-state index in [1.807, 2.05) is 0 Å². The molecule has 1 rings (SSSR count). The van der Waals surface area contributed by atoms with Crippen molar-refractivity contribution in [2.45, 2.75) is 0 Å². The summed E-state index contributed by atoms with van der Waals surface area (Å²) in [6.45, 7) is 3.22. The van der Waals surface area contributed by atoms with Crippen molar-refractivity contribution in [2.75, 3.05) is 0 Å². The molecule has 0 aromatic carbocycles. The van der Waals surface area contributed by atoms with E-state index in [9.17, 15) is 4.79 Å². The summed E-state index contributed by atoms with van der Waals surface area (Å²) in [5.74, 6) is -0.303. The molecular weight excluding hydrogens is 152 g/mol. The minimum Gasteiger partial charge on any atom is -0.402 e. The van der Waals surface area contributed by atoms with Gasteiger partial charge in [0.25, 0.3) is 5.88 Å². The lowest BCUT2D eigenvalue weighted by atomic mass is 10.7. The number of nitrogens with zero attached hydrogens (tertiary/aromatic N) is 2. The Balaban J connectivity index is 2.56. The number of aromatic nitrogens is 2. The third-order valence-corrected chi connectivity index (χ3v) is 1.19. The van der Waals surface area contributed by atoms with Gasteiger partial charge in [0.15, 0.2) is 0 Å². The molecule has 1 aromatic rings. The molecule has 0 atom stereocenters. The molecule has 52 valence electrons. The minimum atomic E-state index is -0.521. The van der Waals surface area contributed by atoms with Crippen LogP contribution in [0.25, 0.3) is 0 Å². The van der Waals surface area contributed by atoms with Crippen molar-refractivity contribution in [3.63, 3.8) is 0 Å². The van der Waals surface area contributed by atoms with Gasteiger partial charge in [0.2, 0.25) is 0 Å². The van der Waals surface area contributed by atoms with Crippen LogP contribution in [0.3, 0.4) is 0 Å². The molecule has 0 amide bonds. The SMILES string of the molecule is C=CC(=O)Oc1csnn1. The first kappa shape index (κ1) is 6.88. The van der Waals surface area contributed by atoms with E-state index >= 15 is 0 Å². The Morgan fingerprint density at radius 3 is 3.20 bits per heavy atom. The third kappa shape index (κ3) is 1.63. The molecule has 4 nitrogen and oxygen atoms in total. The zero-order valence-electron chi connectivity index (χ0n) is 4.98. The second kappa shape index (κ2) is 3.07. The van der Waals surface area contributed by atoms with Gasteiger partial charge in [-0.15, -0.1) is 0 Å². The summed E-state index contributed by atoms with van der Waals surface area (Å²) in [6.07, 6.45) is 1.07. The van der Waals surface area contributed by atoms with Crippen LogP contribution < -0.4 is 4.74 Å². The highest BCUT2D eigenvalue weighted by Crippen LogP contribution is 2.06. The van der Waals surface area contributed by atoms with Gasteiger partial charge in [0, 0.05) is 6.08 Å². The van der Waals surface area contributed by atoms with E-state index in [4.69, 9.17) is 0 Å². The fourth-order valence-corrected chi connectivity index (χ4v) is 0.705. The van der Waals surface area contributed by atoms with E-state index in [1.54, 1.807) is 0 Å². The first-order chi connectivity index (χ1) is 4.83. The lowest BCUT2D eigenvalue weighted by Gasteiger charge is -1.90. The van der Waals surface area contributed by atoms with Crippen molar-refractivity contribution in [2.24, 2.45) is 0 Å². The van der Waals surface area contributed by atoms with Crippen LogP contribution in [0.4, 0.5) is 0 Å². The number of rotatable bonds is 2. The smallest absolute Gasteiger partial charge is 0.336 e. The van der Waals surface area contributed by atoms with Crippen LogP contribution in [0.15, 0.2) is 18.0 Å². The second-order valence-corrected chi connectivity index (χ2v) is 1.98. The van der Waals surface area contributed by atoms with Crippen molar-refractivity contribution < 1.29 is 9.53 Å². The molecule has 0 fully saturated rings. The maximum atomic E-state index is 10.5. The van der Waals surface area contributed by atoms with Crippen molar-refractivity contribution in [1.29, 1.82) is 0 Å². The topological polar surface area (TPSA) is 52.1 Å². The van der Waals surface area contributed by atoms with Gasteiger partial charge < -0.3 is 4.74 Å². The highest BCUT2D eigenvalue weighted by Gasteiger charge is 2.00. The molecule has 0 aliphatic rings. The lowest BCUT2D eigenvalue weighted by Crippen LogP contribution is -2.02. The van der Waals surface area contributed by atoms with Gasteiger partial charge in [0.1, 0.15) is 0 Å². The average Bonchev–Trinajstić information content (AvgIpc) is 2.40. The lowest BCUT2D eigenvalue weighted by molar-refractivity contribution is -0.129. The molecule has 0 aliphatic carbocycles. The second-order valence-electron chi connectivity index (χ2n) is 1.37. The summed E-state index contributed by atoms with van der Waals surface area (Å²) >= 11 is 1.12. The number of carbonyl (C=O) groups excluding carboxylic acids is 1. The predicted octanol–water partition coefficient (Wildman–Crippen LogP) is 0.629. The first-order valence-electron chi connectivity index (χ1n) is 2.44. The van der Waals surface area contributed by atoms with E-state index in [0.29, 0.717) is 0 Å². The zero-order valence-corrected chi connectivity index (χ0v) is 5.80. The Labute approximate surface area is 61.3 Å². The van der Waals surface area contributed by atoms with Gasteiger partial charge in [-0.1, -0.05) is 16.2 Å². The van der Waals surface area contributed by atoms with Gasteiger partial charge in [0.05, 0.1) is 5.38 Å². The molecule has 0 radical (unpaired) electrons. The first-order valence-corrected chi connectivity index (χ1v) is 3.28. The predicted molar refractivity (Wildman–Crippen MR) is 35.7 cm³/mol. The van der Waals surface area contributed by atoms with Crippen LogP contribution in [0.5, 0.6) is 5.88 Å². The summed E-state index contributed by atoms with van der Waals surface area (Å²) in [5.41, 5.74) is 0. The highest BCUT2D eigenvalue weighted by atomic mass is 32.1. The van der Waals surface area contributed by atoms with Crippen molar-refractivity contribution >= 4 is 17.5 Å². The largest absolute Gasteiger partial charge is 0.402 e. The molecule has 10 heavy (non-hydrogen) atoms. The van der Waals surface area contributed by atoms with Crippen LogP contribution in [-0.4, -0.2) is 15.6 Å². The van der Waals surface area contributed by atoms with Crippen molar-refractivity contribution in [3.05, 3.63) is 18.0 Å². The molecule has 5 heteroatoms. The summed E-state index contributed by atoms with van der Waals surface area (Å²) in [5, 5.41) is 5.01. The number of ether oxygens (including phenoxy) is 1. The quantitative estimate of drug-likeness (QED) is 0.465. The fourth-order valence-electron chi connectivity index (χ4n) is 0.345. The minimum absolute atomic E-state index is 0.218. The van der Waals surface area contributed by atoms with Gasteiger partial charge in [-0.3, -0.25) is 0 Å². The Kier molecular flexibility index (Phi) is 2.11. The van der Waals surface area contributed by atoms with Gasteiger partial charge >= 0.3 is 5.97 Å². The maximum Gasteiger partial charge on any atom is 0.336 e. The van der Waals surface area contributed by atoms with E-state index in [1.165, 1.54) is 5.38 Å². The Morgan fingerprint density at radius 1 is 1.90 bits per heavy atom. The highest BCUT2D eigenvalue weighted by molar-refractivity contribution is 7.03. The average molecular weight is 156 g/mol. The molecule has 0 spiro atoms. The molecule has 1 aromatic heterocycles. The van der Waals surface area contributed by atoms with E-state index in [-0.39, 0.29) is 5.88 Å². The normalized spacial score (nSPS) is 8.80. The molecule has 0 saturated heterocycles. The molecule has 0 N–H and O–H groups in total. The van der Waals surface area contributed by atoms with Crippen LogP contribution in [-0.2, 0) is 4.79 Å². The van der Waals surface area contributed by atoms with E-state index in [0.717, 1.165) is 17.6 Å². The number of esters is 1. The molecular formula is C5H4N2O2S. The van der Waals surface area contributed by atoms with Gasteiger partial charge in [-0.05, 0) is 11.5 Å². The number of carbonyl (C=O) groups is 1. The van der Waals surface area contributed by atoms with Crippen LogP contribution >= 0.6 is 11.5 Å². The Bertz CT molecular complexity index is 232. The Morgan fingerprint density at radius 2 is 2.70 bits per heavy atom. The fraction of sp³-hybridized carbons (Fsp3) is 0. The summed E-state index contributed by atoms with van der Waals surface area (Å²) in [4.78, 5) is 10.5. The molecule has 0 bridgehead atoms. The maximum absolute atomic E-state index is 10.5. The van der Waals surface area contributed by atoms with E-state index in [2.05, 4.69) is 20.9 Å². The van der Waals surface area contributed by atoms with Crippen LogP contribution in [0.2, 0.25) is 0 Å². The van der Waals surface area contributed by atoms with Crippen LogP contribution in [0, 0.1) is 0 Å². The standard InChI is InChI=1S/C5H4N2O2S/c1-2-5(8)9-4-3-10-7-6-4/h2-3H,1H2. The summed E-state index contributed by atoms with van der Waals surface area (Å²) in [6, 6.07) is 0. The van der Waals surface area contributed by atoms with Crippen molar-refractivity contribution in [1.82, 2.24) is 9.59 Å². The molecule has 0 saturated carbocycles. The summed E-state index contributed by atoms with van der Waals surface area (Å²) in [7, 11) is 0.